The minimum absolute atomic E-state index is 0.110. The fourth-order valence-corrected chi connectivity index (χ4v) is 4.23. The number of rotatable bonds is 2. The van der Waals surface area contributed by atoms with E-state index < -0.39 is 0 Å². The van der Waals surface area contributed by atoms with Gasteiger partial charge in [-0.05, 0) is 0 Å². The average molecular weight is 305 g/mol. The van der Waals surface area contributed by atoms with Crippen molar-refractivity contribution in [3.8, 4) is 0 Å². The summed E-state index contributed by atoms with van der Waals surface area (Å²) in [5.74, 6) is 0.177. The summed E-state index contributed by atoms with van der Waals surface area (Å²) in [6, 6.07) is 0.348. The monoisotopic (exact) mass is 305 g/mol. The predicted molar refractivity (Wildman–Crippen MR) is 80.2 cm³/mol. The van der Waals surface area contributed by atoms with Crippen LogP contribution in [0, 0.1) is 0 Å². The molecule has 0 radical (unpaired) electrons. The normalized spacial score (nSPS) is 28.4. The first-order valence-electron chi connectivity index (χ1n) is 7.96. The van der Waals surface area contributed by atoms with Crippen molar-refractivity contribution in [1.82, 2.24) is 24.7 Å². The van der Waals surface area contributed by atoms with Gasteiger partial charge in [-0.3, -0.25) is 14.6 Å². The Hall–Kier alpha value is -1.44. The summed E-state index contributed by atoms with van der Waals surface area (Å²) in [5.41, 5.74) is 1.26. The Kier molecular flexibility index (Phi) is 3.43. The van der Waals surface area contributed by atoms with Gasteiger partial charge in [0.1, 0.15) is 0 Å². The van der Waals surface area contributed by atoms with Crippen LogP contribution in [-0.2, 0) is 16.1 Å². The van der Waals surface area contributed by atoms with Crippen molar-refractivity contribution >= 4 is 5.91 Å². The summed E-state index contributed by atoms with van der Waals surface area (Å²) in [6.45, 7) is 8.76. The van der Waals surface area contributed by atoms with Gasteiger partial charge in [0.15, 0.2) is 0 Å². The SMILES string of the molecule is CC(=O)N1CC2COCCN2C2(CN(Cc3cnc[nH]3)C2)C1. The zero-order valence-electron chi connectivity index (χ0n) is 13.0. The standard InChI is InChI=1S/C15H23N5O2/c1-12(21)19-6-14-7-22-3-2-20(14)15(10-19)8-18(9-15)5-13-4-16-11-17-13/h4,11,14H,2-3,5-10H2,1H3,(H,16,17). The molecule has 1 spiro atoms. The second-order valence-electron chi connectivity index (χ2n) is 6.77. The van der Waals surface area contributed by atoms with E-state index in [2.05, 4.69) is 19.8 Å². The molecule has 0 saturated carbocycles. The molecule has 7 nitrogen and oxygen atoms in total. The zero-order chi connectivity index (χ0) is 15.2. The molecule has 1 amide bonds. The number of hydrogen-bond acceptors (Lipinski definition) is 5. The second kappa shape index (κ2) is 5.33. The second-order valence-corrected chi connectivity index (χ2v) is 6.77. The molecule has 3 fully saturated rings. The molecule has 22 heavy (non-hydrogen) atoms. The summed E-state index contributed by atoms with van der Waals surface area (Å²) in [7, 11) is 0. The lowest BCUT2D eigenvalue weighted by Gasteiger charge is -2.63. The highest BCUT2D eigenvalue weighted by atomic mass is 16.5. The van der Waals surface area contributed by atoms with Gasteiger partial charge in [0.2, 0.25) is 5.91 Å². The van der Waals surface area contributed by atoms with Crippen LogP contribution in [0.3, 0.4) is 0 Å². The van der Waals surface area contributed by atoms with Gasteiger partial charge in [-0.2, -0.15) is 0 Å². The van der Waals surface area contributed by atoms with E-state index in [1.807, 2.05) is 11.1 Å². The van der Waals surface area contributed by atoms with Crippen LogP contribution in [0.4, 0.5) is 0 Å². The summed E-state index contributed by atoms with van der Waals surface area (Å²) >= 11 is 0. The molecule has 0 aromatic carbocycles. The molecule has 1 aromatic rings. The first-order valence-corrected chi connectivity index (χ1v) is 7.96. The number of nitrogens with one attached hydrogen (secondary N) is 1. The van der Waals surface area contributed by atoms with Gasteiger partial charge in [0, 0.05) is 58.1 Å². The Balaban J connectivity index is 1.48. The minimum atomic E-state index is 0.110. The molecule has 3 saturated heterocycles. The summed E-state index contributed by atoms with van der Waals surface area (Å²) in [5, 5.41) is 0. The molecule has 4 rings (SSSR count). The fraction of sp³-hybridized carbons (Fsp3) is 0.733. The average Bonchev–Trinajstić information content (AvgIpc) is 2.98. The van der Waals surface area contributed by atoms with E-state index in [4.69, 9.17) is 4.74 Å². The maximum atomic E-state index is 11.9. The number of morpholine rings is 1. The molecular formula is C15H23N5O2. The molecule has 3 aliphatic heterocycles. The zero-order valence-corrected chi connectivity index (χ0v) is 13.0. The quantitative estimate of drug-likeness (QED) is 0.800. The number of H-pyrrole nitrogens is 1. The van der Waals surface area contributed by atoms with Crippen molar-refractivity contribution in [3.63, 3.8) is 0 Å². The van der Waals surface area contributed by atoms with Crippen molar-refractivity contribution < 1.29 is 9.53 Å². The third-order valence-electron chi connectivity index (χ3n) is 5.18. The molecule has 7 heteroatoms. The van der Waals surface area contributed by atoms with Gasteiger partial charge in [-0.1, -0.05) is 0 Å². The molecular weight excluding hydrogens is 282 g/mol. The van der Waals surface area contributed by atoms with E-state index >= 15 is 0 Å². The molecule has 1 atom stereocenters. The van der Waals surface area contributed by atoms with Gasteiger partial charge < -0.3 is 14.6 Å². The number of ether oxygens (including phenoxy) is 1. The molecule has 120 valence electrons. The third kappa shape index (κ3) is 2.33. The van der Waals surface area contributed by atoms with Crippen molar-refractivity contribution in [2.45, 2.75) is 25.0 Å². The number of carbonyl (C=O) groups is 1. The van der Waals surface area contributed by atoms with Crippen LogP contribution in [0.1, 0.15) is 12.6 Å². The number of imidazole rings is 1. The molecule has 0 bridgehead atoms. The van der Waals surface area contributed by atoms with Crippen LogP contribution in [0.5, 0.6) is 0 Å². The Morgan fingerprint density at radius 2 is 2.36 bits per heavy atom. The number of nitrogens with zero attached hydrogens (tertiary/aromatic N) is 4. The highest BCUT2D eigenvalue weighted by Crippen LogP contribution is 2.36. The topological polar surface area (TPSA) is 64.7 Å². The molecule has 4 heterocycles. The largest absolute Gasteiger partial charge is 0.378 e. The lowest BCUT2D eigenvalue weighted by atomic mass is 9.82. The van der Waals surface area contributed by atoms with Crippen LogP contribution >= 0.6 is 0 Å². The molecule has 3 aliphatic rings. The molecule has 1 unspecified atom stereocenters. The van der Waals surface area contributed by atoms with Crippen LogP contribution in [-0.4, -0.2) is 88.1 Å². The number of likely N-dealkylation sites (tertiary alicyclic amines) is 1. The lowest BCUT2D eigenvalue weighted by Crippen LogP contribution is -2.80. The van der Waals surface area contributed by atoms with E-state index in [0.717, 1.165) is 58.2 Å². The van der Waals surface area contributed by atoms with Gasteiger partial charge in [0.25, 0.3) is 0 Å². The van der Waals surface area contributed by atoms with E-state index in [9.17, 15) is 4.79 Å². The first kappa shape index (κ1) is 14.2. The third-order valence-corrected chi connectivity index (χ3v) is 5.18. The molecule has 1 aromatic heterocycles. The van der Waals surface area contributed by atoms with Crippen molar-refractivity contribution in [3.05, 3.63) is 18.2 Å². The Morgan fingerprint density at radius 3 is 3.09 bits per heavy atom. The van der Waals surface area contributed by atoms with Gasteiger partial charge in [-0.25, -0.2) is 4.98 Å². The van der Waals surface area contributed by atoms with E-state index in [1.165, 1.54) is 0 Å². The number of fused-ring (bicyclic) bond motifs is 2. The minimum Gasteiger partial charge on any atom is -0.378 e. The highest BCUT2D eigenvalue weighted by molar-refractivity contribution is 5.73. The smallest absolute Gasteiger partial charge is 0.219 e. The fourth-order valence-electron chi connectivity index (χ4n) is 4.23. The maximum absolute atomic E-state index is 11.9. The number of aromatic nitrogens is 2. The Labute approximate surface area is 130 Å². The summed E-state index contributed by atoms with van der Waals surface area (Å²) in [6.07, 6.45) is 3.60. The number of aromatic amines is 1. The van der Waals surface area contributed by atoms with Crippen LogP contribution in [0.2, 0.25) is 0 Å². The van der Waals surface area contributed by atoms with E-state index in [0.29, 0.717) is 6.04 Å². The van der Waals surface area contributed by atoms with Crippen molar-refractivity contribution in [2.75, 3.05) is 45.9 Å². The molecule has 1 N–H and O–H groups in total. The predicted octanol–water partition coefficient (Wildman–Crippen LogP) is -0.473. The van der Waals surface area contributed by atoms with E-state index in [-0.39, 0.29) is 11.4 Å². The summed E-state index contributed by atoms with van der Waals surface area (Å²) in [4.78, 5) is 26.1. The number of hydrogen-bond donors (Lipinski definition) is 1. The number of amides is 1. The number of piperazine rings is 1. The summed E-state index contributed by atoms with van der Waals surface area (Å²) < 4.78 is 5.63. The van der Waals surface area contributed by atoms with Crippen molar-refractivity contribution in [2.24, 2.45) is 0 Å². The van der Waals surface area contributed by atoms with Crippen molar-refractivity contribution in [1.29, 1.82) is 0 Å². The van der Waals surface area contributed by atoms with Crippen LogP contribution < -0.4 is 0 Å². The van der Waals surface area contributed by atoms with Gasteiger partial charge >= 0.3 is 0 Å². The van der Waals surface area contributed by atoms with Crippen LogP contribution in [0.15, 0.2) is 12.5 Å². The first-order chi connectivity index (χ1) is 10.7. The molecule has 0 aliphatic carbocycles. The Morgan fingerprint density at radius 1 is 1.50 bits per heavy atom. The number of carbonyl (C=O) groups excluding carboxylic acids is 1. The lowest BCUT2D eigenvalue weighted by molar-refractivity contribution is -0.175. The van der Waals surface area contributed by atoms with Gasteiger partial charge in [-0.15, -0.1) is 0 Å². The maximum Gasteiger partial charge on any atom is 0.219 e. The Bertz CT molecular complexity index is 540. The van der Waals surface area contributed by atoms with Gasteiger partial charge in [0.05, 0.1) is 31.1 Å². The highest BCUT2D eigenvalue weighted by Gasteiger charge is 2.54. The van der Waals surface area contributed by atoms with E-state index in [1.54, 1.807) is 13.3 Å². The van der Waals surface area contributed by atoms with Crippen LogP contribution in [0.25, 0.3) is 0 Å².